The minimum absolute atomic E-state index is 0.0495. The van der Waals surface area contributed by atoms with Crippen LogP contribution in [-0.4, -0.2) is 83.9 Å². The number of hydrogen-bond donors (Lipinski definition) is 4. The van der Waals surface area contributed by atoms with Crippen molar-refractivity contribution in [2.24, 2.45) is 29.1 Å². The van der Waals surface area contributed by atoms with E-state index in [-0.39, 0.29) is 80.0 Å². The van der Waals surface area contributed by atoms with Gasteiger partial charge in [0.25, 0.3) is 0 Å². The average molecular weight is 1150 g/mol. The molecule has 11 nitrogen and oxygen atoms in total. The Morgan fingerprint density at radius 2 is 0.793 bits per heavy atom. The average Bonchev–Trinajstić information content (AvgIpc) is 3.51. The Hall–Kier alpha value is -5.36. The van der Waals surface area contributed by atoms with Crippen molar-refractivity contribution < 1.29 is 53.8 Å². The van der Waals surface area contributed by atoms with Gasteiger partial charge in [0.1, 0.15) is 13.2 Å². The molecule has 9 atom stereocenters. The van der Waals surface area contributed by atoms with Crippen molar-refractivity contribution in [3.05, 3.63) is 144 Å². The molecule has 0 spiro atoms. The molecule has 11 heteroatoms. The lowest BCUT2D eigenvalue weighted by molar-refractivity contribution is -0.151. The molecule has 0 bridgehead atoms. The molecule has 466 valence electrons. The first-order valence-corrected chi connectivity index (χ1v) is 30.7. The van der Waals surface area contributed by atoms with Gasteiger partial charge in [0, 0.05) is 0 Å². The van der Waals surface area contributed by atoms with E-state index in [1.807, 2.05) is 65.0 Å². The fraction of sp³-hybridized carbons (Fsp3) is 0.606. The number of aliphatic carboxylic acids is 1. The smallest absolute Gasteiger partial charge is 0.311 e. The molecule has 0 aliphatic rings. The molecule has 0 heterocycles. The maximum absolute atomic E-state index is 10.9. The molecule has 0 aliphatic heterocycles. The molecule has 0 aliphatic carbocycles. The number of rotatable bonds is 27. The summed E-state index contributed by atoms with van der Waals surface area (Å²) < 4.78 is 13.9. The van der Waals surface area contributed by atoms with E-state index in [4.69, 9.17) is 15.3 Å². The summed E-state index contributed by atoms with van der Waals surface area (Å²) in [6.07, 6.45) is 11.1. The fourth-order valence-electron chi connectivity index (χ4n) is 7.53. The molecule has 4 N–H and O–H groups in total. The van der Waals surface area contributed by atoms with Crippen LogP contribution in [0.1, 0.15) is 234 Å². The number of benzene rings is 4. The van der Waals surface area contributed by atoms with Crippen molar-refractivity contribution in [2.45, 2.75) is 218 Å². The van der Waals surface area contributed by atoms with Crippen LogP contribution in [0.2, 0.25) is 0 Å². The highest BCUT2D eigenvalue weighted by molar-refractivity contribution is 5.75. The summed E-state index contributed by atoms with van der Waals surface area (Å²) in [6.45, 7) is 33.1. The number of aliphatic hydroxyl groups excluding tert-OH is 3. The Labute approximate surface area is 499 Å². The molecule has 0 radical (unpaired) electrons. The van der Waals surface area contributed by atoms with Crippen LogP contribution in [0, 0.1) is 29.1 Å². The van der Waals surface area contributed by atoms with E-state index in [1.165, 1.54) is 49.5 Å². The molecule has 82 heavy (non-hydrogen) atoms. The zero-order valence-electron chi connectivity index (χ0n) is 54.2. The fourth-order valence-corrected chi connectivity index (χ4v) is 7.53. The Morgan fingerprint density at radius 3 is 1.05 bits per heavy atom. The van der Waals surface area contributed by atoms with Gasteiger partial charge in [0.05, 0.1) is 50.1 Å². The lowest BCUT2D eigenvalue weighted by Gasteiger charge is -2.23. The zero-order chi connectivity index (χ0) is 62.9. The molecule has 4 rings (SSSR count). The molecule has 0 saturated heterocycles. The second kappa shape index (κ2) is 51.3. The molecule has 0 amide bonds. The monoisotopic (exact) mass is 1140 g/mol. The number of methoxy groups -OCH3 is 1. The lowest BCUT2D eigenvalue weighted by atomic mass is 9.84. The van der Waals surface area contributed by atoms with Gasteiger partial charge in [0.2, 0.25) is 0 Å². The quantitative estimate of drug-likeness (QED) is 0.0330. The SMILES string of the molecule is CCC(C)(C)C(=O)OC.CCC(C)C(=O)OCCO.CCC(C)C(=O)OCCO.CCC(C)CC(CC(=O)O)c1ccccc1.CCC(C)CC(CC(O)CC)c1ccccc1.CCC(C)c1ccccc1.CCC(C)c1ccccc1. The predicted octanol–water partition coefficient (Wildman–Crippen LogP) is 17.2. The second-order valence-corrected chi connectivity index (χ2v) is 22.2. The minimum Gasteiger partial charge on any atom is -0.481 e. The highest BCUT2D eigenvalue weighted by Crippen LogP contribution is 2.31. The van der Waals surface area contributed by atoms with E-state index in [0.29, 0.717) is 23.7 Å². The van der Waals surface area contributed by atoms with Gasteiger partial charge in [-0.3, -0.25) is 19.2 Å². The highest BCUT2D eigenvalue weighted by Gasteiger charge is 2.25. The number of esters is 3. The number of hydrogen-bond acceptors (Lipinski definition) is 10. The third-order valence-electron chi connectivity index (χ3n) is 15.0. The van der Waals surface area contributed by atoms with E-state index >= 15 is 0 Å². The number of carboxylic acids is 1. The summed E-state index contributed by atoms with van der Waals surface area (Å²) >= 11 is 0. The number of carbonyl (C=O) groups is 4. The second-order valence-electron chi connectivity index (χ2n) is 22.2. The third-order valence-corrected chi connectivity index (χ3v) is 15.0. The number of aliphatic hydroxyl groups is 3. The predicted molar refractivity (Wildman–Crippen MR) is 341 cm³/mol. The summed E-state index contributed by atoms with van der Waals surface area (Å²) in [5.74, 6) is 1.97. The van der Waals surface area contributed by atoms with Crippen molar-refractivity contribution in [1.29, 1.82) is 0 Å². The summed E-state index contributed by atoms with van der Waals surface area (Å²) in [5, 5.41) is 35.4. The van der Waals surface area contributed by atoms with Crippen molar-refractivity contribution in [3.63, 3.8) is 0 Å². The zero-order valence-corrected chi connectivity index (χ0v) is 54.2. The standard InChI is InChI=1S/C16H26O.C14H20O2.2C10H14.2C7H14O3.C7H14O2/c1-4-13(3)11-15(12-16(17)5-2)14-9-7-6-8-10-14;1-3-11(2)9-13(10-14(15)16)12-7-5-4-6-8-12;2*1-3-9(2)10-7-5-4-6-8-10;2*1-3-6(2)7(9)10-5-4-8;1-5-7(2,3)6(8)9-4/h6-10,13,15-17H,4-5,11-12H2,1-3H3;4-8,11,13H,3,9-10H2,1-2H3,(H,15,16);2*4-9H,3H2,1-2H3;2*6,8H,3-5H2,1-2H3;5H2,1-4H3. The van der Waals surface area contributed by atoms with Crippen LogP contribution in [0.25, 0.3) is 0 Å². The van der Waals surface area contributed by atoms with Crippen LogP contribution >= 0.6 is 0 Å². The highest BCUT2D eigenvalue weighted by atomic mass is 16.5. The Kier molecular flexibility index (Phi) is 50.6. The molecule has 0 aromatic heterocycles. The molecule has 0 saturated carbocycles. The van der Waals surface area contributed by atoms with Crippen molar-refractivity contribution in [3.8, 4) is 0 Å². The van der Waals surface area contributed by atoms with Crippen molar-refractivity contribution in [1.82, 2.24) is 0 Å². The topological polar surface area (TPSA) is 177 Å². The molecular weight excluding hydrogens is 1030 g/mol. The van der Waals surface area contributed by atoms with E-state index in [2.05, 4.69) is 168 Å². The summed E-state index contributed by atoms with van der Waals surface area (Å²) in [5.41, 5.74) is 5.11. The summed E-state index contributed by atoms with van der Waals surface area (Å²) in [6, 6.07) is 41.9. The van der Waals surface area contributed by atoms with Gasteiger partial charge < -0.3 is 34.6 Å². The van der Waals surface area contributed by atoms with Crippen LogP contribution in [-0.2, 0) is 33.4 Å². The summed E-state index contributed by atoms with van der Waals surface area (Å²) in [4.78, 5) is 43.3. The normalized spacial score (nSPS) is 13.7. The Bertz CT molecular complexity index is 2010. The van der Waals surface area contributed by atoms with Crippen molar-refractivity contribution in [2.75, 3.05) is 33.5 Å². The lowest BCUT2D eigenvalue weighted by Crippen LogP contribution is -2.24. The molecule has 9 unspecified atom stereocenters. The van der Waals surface area contributed by atoms with E-state index < -0.39 is 5.97 Å². The van der Waals surface area contributed by atoms with Crippen LogP contribution in [0.15, 0.2) is 121 Å². The first-order chi connectivity index (χ1) is 39.0. The van der Waals surface area contributed by atoms with Gasteiger partial charge in [-0.1, -0.05) is 231 Å². The van der Waals surface area contributed by atoms with E-state index in [0.717, 1.165) is 56.4 Å². The molecular formula is C71H116O11. The first kappa shape index (κ1) is 80.9. The van der Waals surface area contributed by atoms with Crippen LogP contribution in [0.4, 0.5) is 0 Å². The maximum Gasteiger partial charge on any atom is 0.311 e. The van der Waals surface area contributed by atoms with Crippen molar-refractivity contribution >= 4 is 23.9 Å². The van der Waals surface area contributed by atoms with Gasteiger partial charge >= 0.3 is 23.9 Å². The van der Waals surface area contributed by atoms with E-state index in [9.17, 15) is 24.3 Å². The van der Waals surface area contributed by atoms with Gasteiger partial charge in [-0.15, -0.1) is 0 Å². The Balaban J connectivity index is -0.000000902. The minimum atomic E-state index is -0.711. The number of carbonyl (C=O) groups excluding carboxylic acids is 3. The Morgan fingerprint density at radius 1 is 0.463 bits per heavy atom. The van der Waals surface area contributed by atoms with Crippen LogP contribution in [0.5, 0.6) is 0 Å². The number of carboxylic acid groups (broad SMARTS) is 1. The first-order valence-electron chi connectivity index (χ1n) is 30.7. The van der Waals surface area contributed by atoms with Gasteiger partial charge in [-0.25, -0.2) is 0 Å². The third kappa shape index (κ3) is 40.8. The maximum atomic E-state index is 10.9. The van der Waals surface area contributed by atoms with Gasteiger partial charge in [-0.2, -0.15) is 0 Å². The van der Waals surface area contributed by atoms with Crippen LogP contribution < -0.4 is 0 Å². The van der Waals surface area contributed by atoms with Gasteiger partial charge in [0.15, 0.2) is 0 Å². The van der Waals surface area contributed by atoms with Crippen LogP contribution in [0.3, 0.4) is 0 Å². The largest absolute Gasteiger partial charge is 0.481 e. The number of ether oxygens (including phenoxy) is 3. The summed E-state index contributed by atoms with van der Waals surface area (Å²) in [7, 11) is 1.42. The van der Waals surface area contributed by atoms with Gasteiger partial charge in [-0.05, 0) is 129 Å². The molecule has 4 aromatic carbocycles. The molecule has 4 aromatic rings. The molecule has 0 fully saturated rings. The van der Waals surface area contributed by atoms with E-state index in [1.54, 1.807) is 13.8 Å².